The molecule has 1 aromatic carbocycles. The third kappa shape index (κ3) is 4.07. The Morgan fingerprint density at radius 3 is 2.76 bits per heavy atom. The van der Waals surface area contributed by atoms with Gasteiger partial charge in [0.15, 0.2) is 0 Å². The van der Waals surface area contributed by atoms with Gasteiger partial charge in [-0.3, -0.25) is 14.3 Å². The summed E-state index contributed by atoms with van der Waals surface area (Å²) < 4.78 is 1.45. The average Bonchev–Trinajstić information content (AvgIpc) is 2.88. The van der Waals surface area contributed by atoms with E-state index >= 15 is 0 Å². The van der Waals surface area contributed by atoms with Gasteiger partial charge < -0.3 is 16.4 Å². The van der Waals surface area contributed by atoms with Crippen LogP contribution in [0.25, 0.3) is 0 Å². The van der Waals surface area contributed by atoms with E-state index < -0.39 is 0 Å². The molecule has 0 fully saturated rings. The van der Waals surface area contributed by atoms with Crippen molar-refractivity contribution in [2.24, 2.45) is 0 Å². The zero-order valence-electron chi connectivity index (χ0n) is 11.7. The molecule has 0 bridgehead atoms. The molecule has 110 valence electrons. The molecule has 0 spiro atoms. The van der Waals surface area contributed by atoms with E-state index in [1.54, 1.807) is 19.3 Å². The lowest BCUT2D eigenvalue weighted by Gasteiger charge is -2.05. The molecule has 0 saturated carbocycles. The number of hydrogen-bond acceptors (Lipinski definition) is 4. The highest BCUT2D eigenvalue weighted by Gasteiger charge is 2.08. The number of para-hydroxylation sites is 1. The molecule has 2 aromatic rings. The maximum Gasteiger partial charge on any atom is 0.241 e. The van der Waals surface area contributed by atoms with Crippen molar-refractivity contribution in [3.63, 3.8) is 0 Å². The molecule has 4 N–H and O–H groups in total. The van der Waals surface area contributed by atoms with Crippen molar-refractivity contribution < 1.29 is 9.59 Å². The average molecular weight is 287 g/mol. The van der Waals surface area contributed by atoms with Gasteiger partial charge >= 0.3 is 0 Å². The van der Waals surface area contributed by atoms with Crippen molar-refractivity contribution >= 4 is 23.2 Å². The van der Waals surface area contributed by atoms with Crippen LogP contribution in [0.2, 0.25) is 0 Å². The lowest BCUT2D eigenvalue weighted by molar-refractivity contribution is -0.121. The van der Waals surface area contributed by atoms with Crippen molar-refractivity contribution in [1.82, 2.24) is 15.1 Å². The molecule has 0 radical (unpaired) electrons. The summed E-state index contributed by atoms with van der Waals surface area (Å²) in [7, 11) is 1.55. The summed E-state index contributed by atoms with van der Waals surface area (Å²) in [6.07, 6.45) is 3.28. The van der Waals surface area contributed by atoms with Crippen molar-refractivity contribution in [2.75, 3.05) is 18.1 Å². The van der Waals surface area contributed by atoms with Gasteiger partial charge in [0.1, 0.15) is 6.54 Å². The Labute approximate surface area is 122 Å². The van der Waals surface area contributed by atoms with E-state index in [9.17, 15) is 9.59 Å². The Bertz CT molecular complexity index is 650. The van der Waals surface area contributed by atoms with Crippen molar-refractivity contribution in [1.29, 1.82) is 0 Å². The minimum absolute atomic E-state index is 0.109. The Balaban J connectivity index is 1.94. The third-order valence-corrected chi connectivity index (χ3v) is 2.91. The normalized spacial score (nSPS) is 10.1. The second-order valence-electron chi connectivity index (χ2n) is 4.52. The number of benzene rings is 1. The molecule has 0 unspecified atom stereocenters. The molecule has 2 rings (SSSR count). The van der Waals surface area contributed by atoms with Crippen LogP contribution in [0.15, 0.2) is 36.7 Å². The van der Waals surface area contributed by atoms with E-state index in [-0.39, 0.29) is 24.8 Å². The van der Waals surface area contributed by atoms with E-state index in [4.69, 9.17) is 5.73 Å². The number of rotatable bonds is 5. The fourth-order valence-electron chi connectivity index (χ4n) is 1.81. The minimum Gasteiger partial charge on any atom is -0.398 e. The Morgan fingerprint density at radius 1 is 1.29 bits per heavy atom. The first-order valence-corrected chi connectivity index (χ1v) is 6.44. The van der Waals surface area contributed by atoms with Crippen LogP contribution >= 0.6 is 0 Å². The van der Waals surface area contributed by atoms with Gasteiger partial charge in [0.2, 0.25) is 11.8 Å². The molecule has 7 heteroatoms. The highest BCUT2D eigenvalue weighted by molar-refractivity contribution is 5.92. The maximum atomic E-state index is 11.9. The van der Waals surface area contributed by atoms with E-state index in [1.807, 2.05) is 18.2 Å². The monoisotopic (exact) mass is 287 g/mol. The summed E-state index contributed by atoms with van der Waals surface area (Å²) in [4.78, 5) is 23.2. The fourth-order valence-corrected chi connectivity index (χ4v) is 1.81. The second-order valence-corrected chi connectivity index (χ2v) is 4.52. The SMILES string of the molecule is CNC(=O)Cn1cc(NC(=O)Cc2ccccc2N)cn1. The highest BCUT2D eigenvalue weighted by atomic mass is 16.2. The first kappa shape index (κ1) is 14.6. The molecule has 0 saturated heterocycles. The fraction of sp³-hybridized carbons (Fsp3) is 0.214. The number of amides is 2. The lowest BCUT2D eigenvalue weighted by atomic mass is 10.1. The number of anilines is 2. The topological polar surface area (TPSA) is 102 Å². The Morgan fingerprint density at radius 2 is 2.05 bits per heavy atom. The van der Waals surface area contributed by atoms with E-state index in [0.29, 0.717) is 11.4 Å². The second kappa shape index (κ2) is 6.56. The van der Waals surface area contributed by atoms with Gasteiger partial charge in [0, 0.05) is 18.9 Å². The largest absolute Gasteiger partial charge is 0.398 e. The van der Waals surface area contributed by atoms with Crippen LogP contribution in [0, 0.1) is 0 Å². The van der Waals surface area contributed by atoms with Crippen LogP contribution in [0.5, 0.6) is 0 Å². The number of nitrogens with zero attached hydrogens (tertiary/aromatic N) is 2. The van der Waals surface area contributed by atoms with Crippen LogP contribution in [0.3, 0.4) is 0 Å². The number of nitrogens with one attached hydrogen (secondary N) is 2. The smallest absolute Gasteiger partial charge is 0.241 e. The van der Waals surface area contributed by atoms with Crippen molar-refractivity contribution in [3.8, 4) is 0 Å². The third-order valence-electron chi connectivity index (χ3n) is 2.91. The van der Waals surface area contributed by atoms with Crippen molar-refractivity contribution in [3.05, 3.63) is 42.2 Å². The first-order valence-electron chi connectivity index (χ1n) is 6.44. The van der Waals surface area contributed by atoms with Gasteiger partial charge in [-0.25, -0.2) is 0 Å². The first-order chi connectivity index (χ1) is 10.1. The summed E-state index contributed by atoms with van der Waals surface area (Å²) >= 11 is 0. The van der Waals surface area contributed by atoms with Crippen molar-refractivity contribution in [2.45, 2.75) is 13.0 Å². The molecule has 7 nitrogen and oxygen atoms in total. The minimum atomic E-state index is -0.188. The summed E-state index contributed by atoms with van der Waals surface area (Å²) in [6, 6.07) is 7.22. The van der Waals surface area contributed by atoms with Crippen LogP contribution in [-0.4, -0.2) is 28.6 Å². The van der Waals surface area contributed by atoms with E-state index in [1.165, 1.54) is 10.9 Å². The number of carbonyl (C=O) groups is 2. The number of likely N-dealkylation sites (N-methyl/N-ethyl adjacent to an activating group) is 1. The summed E-state index contributed by atoms with van der Waals surface area (Å²) in [5, 5.41) is 9.22. The van der Waals surface area contributed by atoms with Gasteiger partial charge in [-0.1, -0.05) is 18.2 Å². The summed E-state index contributed by atoms with van der Waals surface area (Å²) in [5.74, 6) is -0.347. The molecule has 1 heterocycles. The van der Waals surface area contributed by atoms with Crippen LogP contribution in [-0.2, 0) is 22.6 Å². The van der Waals surface area contributed by atoms with Gasteiger partial charge in [0.25, 0.3) is 0 Å². The number of aromatic nitrogens is 2. The molecule has 21 heavy (non-hydrogen) atoms. The Hall–Kier alpha value is -2.83. The standard InChI is InChI=1S/C14H17N5O2/c1-16-14(21)9-19-8-11(7-17-19)18-13(20)6-10-4-2-3-5-12(10)15/h2-5,7-8H,6,9,15H2,1H3,(H,16,21)(H,18,20). The number of carbonyl (C=O) groups excluding carboxylic acids is 2. The molecule has 0 aliphatic rings. The van der Waals surface area contributed by atoms with Crippen LogP contribution in [0.1, 0.15) is 5.56 Å². The molecular weight excluding hydrogens is 270 g/mol. The zero-order valence-corrected chi connectivity index (χ0v) is 11.7. The van der Waals surface area contributed by atoms with Gasteiger partial charge in [0.05, 0.1) is 18.3 Å². The maximum absolute atomic E-state index is 11.9. The number of nitrogen functional groups attached to an aromatic ring is 1. The lowest BCUT2D eigenvalue weighted by Crippen LogP contribution is -2.23. The molecule has 0 atom stereocenters. The molecule has 2 amide bonds. The van der Waals surface area contributed by atoms with Gasteiger partial charge in [-0.05, 0) is 11.6 Å². The quantitative estimate of drug-likeness (QED) is 0.692. The Kier molecular flexibility index (Phi) is 4.55. The van der Waals surface area contributed by atoms with Crippen LogP contribution < -0.4 is 16.4 Å². The summed E-state index contributed by atoms with van der Waals surface area (Å²) in [6.45, 7) is 0.109. The summed E-state index contributed by atoms with van der Waals surface area (Å²) in [5.41, 5.74) is 7.69. The molecule has 1 aromatic heterocycles. The van der Waals surface area contributed by atoms with Gasteiger partial charge in [-0.2, -0.15) is 5.10 Å². The molecule has 0 aliphatic carbocycles. The van der Waals surface area contributed by atoms with E-state index in [2.05, 4.69) is 15.7 Å². The predicted octanol–water partition coefficient (Wildman–Crippen LogP) is 0.392. The van der Waals surface area contributed by atoms with E-state index in [0.717, 1.165) is 5.56 Å². The number of nitrogens with two attached hydrogens (primary N) is 1. The van der Waals surface area contributed by atoms with Gasteiger partial charge in [-0.15, -0.1) is 0 Å². The number of hydrogen-bond donors (Lipinski definition) is 3. The van der Waals surface area contributed by atoms with Crippen LogP contribution in [0.4, 0.5) is 11.4 Å². The highest BCUT2D eigenvalue weighted by Crippen LogP contribution is 2.12. The molecular formula is C14H17N5O2. The predicted molar refractivity (Wildman–Crippen MR) is 79.5 cm³/mol. The molecule has 0 aliphatic heterocycles. The zero-order chi connectivity index (χ0) is 15.2.